The highest BCUT2D eigenvalue weighted by Gasteiger charge is 2.16. The fourth-order valence-electron chi connectivity index (χ4n) is 2.53. The number of aromatic nitrogens is 2. The largest absolute Gasteiger partial charge is 0.451 e. The van der Waals surface area contributed by atoms with Crippen molar-refractivity contribution in [2.75, 3.05) is 0 Å². The van der Waals surface area contributed by atoms with E-state index in [9.17, 15) is 9.18 Å². The van der Waals surface area contributed by atoms with Crippen LogP contribution in [0, 0.1) is 12.7 Å². The molecule has 2 aromatic heterocycles. The number of carbonyl (C=O) groups is 1. The Kier molecular flexibility index (Phi) is 4.22. The van der Waals surface area contributed by atoms with Gasteiger partial charge in [0, 0.05) is 15.6 Å². The molecular weight excluding hydrogens is 355 g/mol. The molecule has 0 amide bonds. The van der Waals surface area contributed by atoms with Gasteiger partial charge in [0.25, 0.3) is 5.89 Å². The molecule has 0 aliphatic carbocycles. The van der Waals surface area contributed by atoms with Crippen LogP contribution >= 0.6 is 11.3 Å². The molecule has 0 radical (unpaired) electrons. The smallest absolute Gasteiger partial charge is 0.348 e. The third-order valence-corrected chi connectivity index (χ3v) is 4.85. The molecule has 130 valence electrons. The Hall–Kier alpha value is -3.06. The molecule has 0 spiro atoms. The fraction of sp³-hybridized carbons (Fsp3) is 0.105. The summed E-state index contributed by atoms with van der Waals surface area (Å²) >= 11 is 1.18. The lowest BCUT2D eigenvalue weighted by Crippen LogP contribution is -2.03. The van der Waals surface area contributed by atoms with Gasteiger partial charge in [-0.2, -0.15) is 0 Å². The van der Waals surface area contributed by atoms with Crippen molar-refractivity contribution in [2.24, 2.45) is 0 Å². The summed E-state index contributed by atoms with van der Waals surface area (Å²) in [4.78, 5) is 12.5. The maximum absolute atomic E-state index is 13.7. The molecule has 4 rings (SSSR count). The molecule has 0 aliphatic rings. The van der Waals surface area contributed by atoms with Crippen LogP contribution in [0.4, 0.5) is 4.39 Å². The van der Waals surface area contributed by atoms with Gasteiger partial charge >= 0.3 is 5.97 Å². The Labute approximate surface area is 152 Å². The zero-order valence-corrected chi connectivity index (χ0v) is 14.5. The molecule has 26 heavy (non-hydrogen) atoms. The predicted molar refractivity (Wildman–Crippen MR) is 95.4 cm³/mol. The van der Waals surface area contributed by atoms with Crippen LogP contribution in [0.3, 0.4) is 0 Å². The summed E-state index contributed by atoms with van der Waals surface area (Å²) in [6.45, 7) is 1.82. The summed E-state index contributed by atoms with van der Waals surface area (Å²) in [5.74, 6) is -0.357. The molecule has 0 N–H and O–H groups in total. The number of benzene rings is 2. The average molecular weight is 368 g/mol. The quantitative estimate of drug-likeness (QED) is 0.486. The molecule has 7 heteroatoms. The fourth-order valence-corrected chi connectivity index (χ4v) is 3.50. The highest BCUT2D eigenvalue weighted by Crippen LogP contribution is 2.28. The Morgan fingerprint density at radius 3 is 2.85 bits per heavy atom. The lowest BCUT2D eigenvalue weighted by atomic mass is 10.1. The molecule has 0 aliphatic heterocycles. The van der Waals surface area contributed by atoms with Crippen LogP contribution in [-0.4, -0.2) is 16.2 Å². The van der Waals surface area contributed by atoms with Crippen molar-refractivity contribution < 1.29 is 18.3 Å². The molecular formula is C19H13FN2O3S. The van der Waals surface area contributed by atoms with E-state index in [1.807, 2.05) is 31.2 Å². The van der Waals surface area contributed by atoms with Crippen LogP contribution in [0.25, 0.3) is 21.5 Å². The van der Waals surface area contributed by atoms with Crippen molar-refractivity contribution in [3.8, 4) is 11.5 Å². The van der Waals surface area contributed by atoms with E-state index >= 15 is 0 Å². The first-order valence-corrected chi connectivity index (χ1v) is 8.66. The van der Waals surface area contributed by atoms with Crippen molar-refractivity contribution >= 4 is 27.4 Å². The van der Waals surface area contributed by atoms with Gasteiger partial charge in [-0.25, -0.2) is 9.18 Å². The Morgan fingerprint density at radius 2 is 2.04 bits per heavy atom. The molecule has 0 atom stereocenters. The van der Waals surface area contributed by atoms with E-state index in [4.69, 9.17) is 9.15 Å². The normalized spacial score (nSPS) is 11.0. The number of fused-ring (bicyclic) bond motifs is 1. The van der Waals surface area contributed by atoms with Crippen LogP contribution in [-0.2, 0) is 11.3 Å². The van der Waals surface area contributed by atoms with Gasteiger partial charge in [-0.1, -0.05) is 23.8 Å². The standard InChI is InChI=1S/C19H13FN2O3S/c1-11-4-2-5-12(8-11)18-22-21-17(25-18)10-24-19(23)16-9-13-14(20)6-3-7-15(13)26-16/h2-9H,10H2,1H3. The van der Waals surface area contributed by atoms with Crippen molar-refractivity contribution in [2.45, 2.75) is 13.5 Å². The monoisotopic (exact) mass is 368 g/mol. The van der Waals surface area contributed by atoms with E-state index in [1.54, 1.807) is 12.1 Å². The molecule has 5 nitrogen and oxygen atoms in total. The van der Waals surface area contributed by atoms with Crippen LogP contribution in [0.2, 0.25) is 0 Å². The zero-order valence-electron chi connectivity index (χ0n) is 13.7. The first kappa shape index (κ1) is 16.4. The summed E-state index contributed by atoms with van der Waals surface area (Å²) in [6.07, 6.45) is 0. The number of hydrogen-bond acceptors (Lipinski definition) is 6. The molecule has 0 fully saturated rings. The highest BCUT2D eigenvalue weighted by molar-refractivity contribution is 7.20. The summed E-state index contributed by atoms with van der Waals surface area (Å²) in [5, 5.41) is 8.27. The van der Waals surface area contributed by atoms with Gasteiger partial charge in [-0.15, -0.1) is 21.5 Å². The van der Waals surface area contributed by atoms with Crippen LogP contribution in [0.1, 0.15) is 21.1 Å². The number of hydrogen-bond donors (Lipinski definition) is 0. The lowest BCUT2D eigenvalue weighted by molar-refractivity contribution is 0.0444. The summed E-state index contributed by atoms with van der Waals surface area (Å²) in [5.41, 5.74) is 1.88. The van der Waals surface area contributed by atoms with Gasteiger partial charge in [-0.3, -0.25) is 0 Å². The summed E-state index contributed by atoms with van der Waals surface area (Å²) in [6, 6.07) is 13.9. The molecule has 4 aromatic rings. The Balaban J connectivity index is 1.47. The molecule has 0 saturated carbocycles. The zero-order chi connectivity index (χ0) is 18.1. The first-order valence-electron chi connectivity index (χ1n) is 7.85. The minimum atomic E-state index is -0.555. The van der Waals surface area contributed by atoms with Crippen LogP contribution < -0.4 is 0 Å². The van der Waals surface area contributed by atoms with Crippen molar-refractivity contribution in [3.63, 3.8) is 0 Å². The second kappa shape index (κ2) is 6.68. The number of thiophene rings is 1. The Bertz CT molecular complexity index is 1100. The minimum absolute atomic E-state index is 0.144. The van der Waals surface area contributed by atoms with E-state index in [2.05, 4.69) is 10.2 Å². The van der Waals surface area contributed by atoms with E-state index in [1.165, 1.54) is 23.5 Å². The van der Waals surface area contributed by atoms with Gasteiger partial charge in [0.05, 0.1) is 0 Å². The van der Waals surface area contributed by atoms with Crippen LogP contribution in [0.15, 0.2) is 52.9 Å². The topological polar surface area (TPSA) is 65.2 Å². The predicted octanol–water partition coefficient (Wildman–Crippen LogP) is 4.76. The molecule has 0 unspecified atom stereocenters. The number of ether oxygens (including phenoxy) is 1. The average Bonchev–Trinajstić information content (AvgIpc) is 3.27. The van der Waals surface area contributed by atoms with E-state index in [0.29, 0.717) is 20.9 Å². The second-order valence-electron chi connectivity index (χ2n) is 5.71. The van der Waals surface area contributed by atoms with Gasteiger partial charge in [-0.05, 0) is 37.3 Å². The van der Waals surface area contributed by atoms with Gasteiger partial charge in [0.2, 0.25) is 5.89 Å². The van der Waals surface area contributed by atoms with Gasteiger partial charge in [0.15, 0.2) is 6.61 Å². The first-order chi connectivity index (χ1) is 12.6. The third kappa shape index (κ3) is 3.21. The maximum Gasteiger partial charge on any atom is 0.348 e. The number of nitrogens with zero attached hydrogens (tertiary/aromatic N) is 2. The molecule has 2 heterocycles. The molecule has 0 saturated heterocycles. The third-order valence-electron chi connectivity index (χ3n) is 3.77. The number of esters is 1. The van der Waals surface area contributed by atoms with Crippen molar-refractivity contribution in [3.05, 3.63) is 70.7 Å². The number of halogens is 1. The van der Waals surface area contributed by atoms with Crippen molar-refractivity contribution in [1.29, 1.82) is 0 Å². The van der Waals surface area contributed by atoms with E-state index in [0.717, 1.165) is 11.1 Å². The number of rotatable bonds is 4. The highest BCUT2D eigenvalue weighted by atomic mass is 32.1. The van der Waals surface area contributed by atoms with Crippen molar-refractivity contribution in [1.82, 2.24) is 10.2 Å². The summed E-state index contributed by atoms with van der Waals surface area (Å²) in [7, 11) is 0. The molecule has 0 bridgehead atoms. The minimum Gasteiger partial charge on any atom is -0.451 e. The van der Waals surface area contributed by atoms with Crippen LogP contribution in [0.5, 0.6) is 0 Å². The van der Waals surface area contributed by atoms with Gasteiger partial charge < -0.3 is 9.15 Å². The van der Waals surface area contributed by atoms with E-state index < -0.39 is 5.97 Å². The lowest BCUT2D eigenvalue weighted by Gasteiger charge is -1.99. The van der Waals surface area contributed by atoms with E-state index in [-0.39, 0.29) is 18.3 Å². The Morgan fingerprint density at radius 1 is 1.19 bits per heavy atom. The van der Waals surface area contributed by atoms with Gasteiger partial charge in [0.1, 0.15) is 10.7 Å². The maximum atomic E-state index is 13.7. The number of carbonyl (C=O) groups excluding carboxylic acids is 1. The molecule has 2 aromatic carbocycles. The second-order valence-corrected chi connectivity index (χ2v) is 6.79. The number of aryl methyl sites for hydroxylation is 1. The summed E-state index contributed by atoms with van der Waals surface area (Å²) < 4.78 is 25.2. The SMILES string of the molecule is Cc1cccc(-c2nnc(COC(=O)c3cc4c(F)cccc4s3)o2)c1.